The number of amides is 3. The van der Waals surface area contributed by atoms with E-state index in [4.69, 9.17) is 0 Å². The highest BCUT2D eigenvalue weighted by molar-refractivity contribution is 5.89. The van der Waals surface area contributed by atoms with Crippen molar-refractivity contribution in [3.8, 4) is 11.1 Å². The number of benzene rings is 2. The van der Waals surface area contributed by atoms with Gasteiger partial charge in [0.25, 0.3) is 11.8 Å². The number of carbonyl (C=O) groups is 3. The van der Waals surface area contributed by atoms with Gasteiger partial charge in [-0.2, -0.15) is 0 Å². The quantitative estimate of drug-likeness (QED) is 0.224. The van der Waals surface area contributed by atoms with Crippen LogP contribution in [0.4, 0.5) is 22.4 Å². The number of alkyl halides is 4. The molecule has 5 aliphatic rings. The number of piperazine rings is 2. The first-order chi connectivity index (χ1) is 27.7. The largest absolute Gasteiger partial charge is 0.465 e. The number of nitrogens with zero attached hydrogens (tertiary/aromatic N) is 3. The molecule has 2 N–H and O–H groups in total. The SMILES string of the molecule is CC1=C(/C=C/C(=O)N2CCN(C(=O)O)C(CC3c4ccccc4-c4ccccc43)C2)C(C)(C)CCC1(F)F.CC1=C(/C=C/C(=O)N2CCNCC2)C(C)(C)CCC1(F)F. The van der Waals surface area contributed by atoms with Crippen LogP contribution >= 0.6 is 0 Å². The van der Waals surface area contributed by atoms with Crippen LogP contribution < -0.4 is 5.32 Å². The molecule has 0 saturated carbocycles. The Bertz CT molecular complexity index is 2020. The Hall–Kier alpha value is -4.71. The molecule has 1 unspecified atom stereocenters. The van der Waals surface area contributed by atoms with E-state index in [2.05, 4.69) is 29.6 Å². The van der Waals surface area contributed by atoms with Crippen molar-refractivity contribution >= 4 is 17.9 Å². The summed E-state index contributed by atoms with van der Waals surface area (Å²) < 4.78 is 56.5. The highest BCUT2D eigenvalue weighted by atomic mass is 19.3. The second kappa shape index (κ2) is 17.1. The van der Waals surface area contributed by atoms with Gasteiger partial charge in [-0.1, -0.05) is 88.4 Å². The van der Waals surface area contributed by atoms with E-state index in [1.807, 2.05) is 52.0 Å². The zero-order chi connectivity index (χ0) is 42.9. The summed E-state index contributed by atoms with van der Waals surface area (Å²) in [6.45, 7) is 14.3. The molecule has 3 amide bonds. The molecular weight excluding hydrogens is 761 g/mol. The Morgan fingerprint density at radius 1 is 0.695 bits per heavy atom. The van der Waals surface area contributed by atoms with E-state index < -0.39 is 23.4 Å². The minimum absolute atomic E-state index is 0.0185. The minimum Gasteiger partial charge on any atom is -0.465 e. The van der Waals surface area contributed by atoms with Crippen molar-refractivity contribution in [1.29, 1.82) is 0 Å². The fourth-order valence-electron chi connectivity index (χ4n) is 9.39. The van der Waals surface area contributed by atoms with Crippen LogP contribution in [0, 0.1) is 10.8 Å². The second-order valence-corrected chi connectivity index (χ2v) is 17.9. The van der Waals surface area contributed by atoms with Crippen LogP contribution in [0.15, 0.2) is 95.1 Å². The lowest BCUT2D eigenvalue weighted by molar-refractivity contribution is -0.129. The van der Waals surface area contributed by atoms with Gasteiger partial charge in [-0.15, -0.1) is 0 Å². The van der Waals surface area contributed by atoms with E-state index in [1.165, 1.54) is 42.0 Å². The van der Waals surface area contributed by atoms with Crippen LogP contribution in [0.5, 0.6) is 0 Å². The number of carboxylic acid groups (broad SMARTS) is 1. The summed E-state index contributed by atoms with van der Waals surface area (Å²) in [5.41, 5.74) is 5.13. The third kappa shape index (κ3) is 9.37. The summed E-state index contributed by atoms with van der Waals surface area (Å²) in [6.07, 6.45) is 6.01. The van der Waals surface area contributed by atoms with E-state index in [1.54, 1.807) is 22.0 Å². The third-order valence-electron chi connectivity index (χ3n) is 13.2. The normalized spacial score (nSPS) is 23.6. The van der Waals surface area contributed by atoms with Gasteiger partial charge >= 0.3 is 6.09 Å². The number of carbonyl (C=O) groups excluding carboxylic acids is 2. The van der Waals surface area contributed by atoms with Gasteiger partial charge in [-0.05, 0) is 88.5 Å². The highest BCUT2D eigenvalue weighted by Crippen LogP contribution is 2.50. The topological polar surface area (TPSA) is 93.2 Å². The lowest BCUT2D eigenvalue weighted by Gasteiger charge is -2.41. The summed E-state index contributed by atoms with van der Waals surface area (Å²) in [5.74, 6) is -5.98. The molecule has 0 bridgehead atoms. The number of halogens is 4. The van der Waals surface area contributed by atoms with Gasteiger partial charge in [0, 0.05) is 76.7 Å². The van der Waals surface area contributed by atoms with E-state index in [9.17, 15) is 37.1 Å². The molecule has 0 radical (unpaired) electrons. The van der Waals surface area contributed by atoms with E-state index >= 15 is 0 Å². The number of fused-ring (bicyclic) bond motifs is 3. The van der Waals surface area contributed by atoms with Crippen molar-refractivity contribution in [3.63, 3.8) is 0 Å². The molecule has 1 atom stereocenters. The van der Waals surface area contributed by atoms with Gasteiger partial charge in [0.1, 0.15) is 0 Å². The number of allylic oxidation sites excluding steroid dienone is 6. The summed E-state index contributed by atoms with van der Waals surface area (Å²) in [7, 11) is 0. The fraction of sp³-hybridized carbons (Fsp3) is 0.511. The molecular formula is C47H58F4N4O4. The van der Waals surface area contributed by atoms with Crippen LogP contribution in [-0.4, -0.2) is 101 Å². The van der Waals surface area contributed by atoms with Crippen molar-refractivity contribution < 1.29 is 37.1 Å². The zero-order valence-electron chi connectivity index (χ0n) is 35.1. The van der Waals surface area contributed by atoms with E-state index in [-0.39, 0.29) is 72.8 Å². The van der Waals surface area contributed by atoms with Gasteiger partial charge in [0.2, 0.25) is 11.8 Å². The van der Waals surface area contributed by atoms with Crippen molar-refractivity contribution in [1.82, 2.24) is 20.0 Å². The standard InChI is InChI=1S/C31H34F2N2O3.C16H24F2N2O/c1-20-27(30(2,3)14-15-31(20,32)33)12-13-28(36)34-16-17-35(29(37)38)21(19-34)18-26-24-10-6-4-8-22(24)23-9-5-7-11-25(23)26;1-12-13(15(2,3)6-7-16(12,17)18)4-5-14(21)20-10-8-19-9-11-20/h4-13,21,26H,14-19H2,1-3H3,(H,37,38);4-5,19H,6-11H2,1-3H3/b13-12+;5-4+. The van der Waals surface area contributed by atoms with Gasteiger partial charge < -0.3 is 25.1 Å². The van der Waals surface area contributed by atoms with E-state index in [0.717, 1.165) is 24.2 Å². The van der Waals surface area contributed by atoms with Gasteiger partial charge in [0.15, 0.2) is 0 Å². The number of hydrogen-bond donors (Lipinski definition) is 2. The molecule has 0 aromatic heterocycles. The summed E-state index contributed by atoms with van der Waals surface area (Å²) >= 11 is 0. The number of rotatable bonds is 6. The first-order valence-electron chi connectivity index (χ1n) is 20.8. The average Bonchev–Trinajstić information content (AvgIpc) is 3.51. The summed E-state index contributed by atoms with van der Waals surface area (Å²) in [4.78, 5) is 42.3. The Morgan fingerprint density at radius 2 is 1.15 bits per heavy atom. The first-order valence-corrected chi connectivity index (χ1v) is 20.8. The lowest BCUT2D eigenvalue weighted by atomic mass is 9.71. The molecule has 2 heterocycles. The Balaban J connectivity index is 0.000000236. The fourth-order valence-corrected chi connectivity index (χ4v) is 9.39. The van der Waals surface area contributed by atoms with Crippen LogP contribution in [-0.2, 0) is 9.59 Å². The first kappa shape index (κ1) is 43.9. The second-order valence-electron chi connectivity index (χ2n) is 17.9. The molecule has 59 heavy (non-hydrogen) atoms. The maximum absolute atomic E-state index is 14.4. The molecule has 0 spiro atoms. The Morgan fingerprint density at radius 3 is 1.63 bits per heavy atom. The maximum Gasteiger partial charge on any atom is 0.407 e. The van der Waals surface area contributed by atoms with Crippen molar-refractivity contribution in [2.24, 2.45) is 10.8 Å². The third-order valence-corrected chi connectivity index (χ3v) is 13.2. The van der Waals surface area contributed by atoms with Gasteiger partial charge in [-0.3, -0.25) is 9.59 Å². The lowest BCUT2D eigenvalue weighted by Crippen LogP contribution is -2.56. The average molecular weight is 819 g/mol. The van der Waals surface area contributed by atoms with Crippen LogP contribution in [0.25, 0.3) is 11.1 Å². The molecule has 8 nitrogen and oxygen atoms in total. The smallest absolute Gasteiger partial charge is 0.407 e. The molecule has 2 aromatic carbocycles. The van der Waals surface area contributed by atoms with Crippen LogP contribution in [0.3, 0.4) is 0 Å². The molecule has 2 aliphatic heterocycles. The predicted molar refractivity (Wildman–Crippen MR) is 222 cm³/mol. The Labute approximate surface area is 345 Å². The minimum atomic E-state index is -2.87. The summed E-state index contributed by atoms with van der Waals surface area (Å²) in [6, 6.07) is 16.0. The molecule has 318 valence electrons. The van der Waals surface area contributed by atoms with Crippen molar-refractivity contribution in [2.75, 3.05) is 45.8 Å². The van der Waals surface area contributed by atoms with Gasteiger partial charge in [0.05, 0.1) is 6.04 Å². The molecule has 2 aromatic rings. The molecule has 3 aliphatic carbocycles. The molecule has 7 rings (SSSR count). The van der Waals surface area contributed by atoms with Crippen LogP contribution in [0.2, 0.25) is 0 Å². The summed E-state index contributed by atoms with van der Waals surface area (Å²) in [5, 5.41) is 13.1. The number of hydrogen-bond acceptors (Lipinski definition) is 4. The highest BCUT2D eigenvalue weighted by Gasteiger charge is 2.44. The molecule has 12 heteroatoms. The van der Waals surface area contributed by atoms with Gasteiger partial charge in [-0.25, -0.2) is 22.4 Å². The zero-order valence-corrected chi connectivity index (χ0v) is 35.1. The van der Waals surface area contributed by atoms with Crippen LogP contribution in [0.1, 0.15) is 90.7 Å². The maximum atomic E-state index is 14.4. The monoisotopic (exact) mass is 818 g/mol. The van der Waals surface area contributed by atoms with Crippen molar-refractivity contribution in [3.05, 3.63) is 106 Å². The predicted octanol–water partition coefficient (Wildman–Crippen LogP) is 9.45. The van der Waals surface area contributed by atoms with Crippen molar-refractivity contribution in [2.45, 2.75) is 97.5 Å². The molecule has 2 saturated heterocycles. The Kier molecular flexibility index (Phi) is 12.7. The number of nitrogens with one attached hydrogen (secondary N) is 1. The van der Waals surface area contributed by atoms with E-state index in [0.29, 0.717) is 43.5 Å². The molecule has 2 fully saturated rings.